The predicted molar refractivity (Wildman–Crippen MR) is 137 cm³/mol. The zero-order valence-corrected chi connectivity index (χ0v) is 19.6. The first-order valence-electron chi connectivity index (χ1n) is 11.1. The lowest BCUT2D eigenvalue weighted by Crippen LogP contribution is -2.18. The van der Waals surface area contributed by atoms with Gasteiger partial charge in [0.15, 0.2) is 0 Å². The average molecular weight is 458 g/mol. The fourth-order valence-corrected chi connectivity index (χ4v) is 4.21. The van der Waals surface area contributed by atoms with Crippen LogP contribution in [0.15, 0.2) is 78.9 Å². The van der Waals surface area contributed by atoms with Gasteiger partial charge in [-0.15, -0.1) is 0 Å². The van der Waals surface area contributed by atoms with Crippen LogP contribution < -0.4 is 0 Å². The van der Waals surface area contributed by atoms with Crippen LogP contribution >= 0.6 is 11.6 Å². The van der Waals surface area contributed by atoms with E-state index in [2.05, 4.69) is 4.98 Å². The van der Waals surface area contributed by atoms with Crippen LogP contribution in [0.2, 0.25) is 5.02 Å². The molecule has 168 valence electrons. The van der Waals surface area contributed by atoms with E-state index in [4.69, 9.17) is 11.6 Å². The fraction of sp³-hybridized carbons (Fsp3) is 0.207. The van der Waals surface area contributed by atoms with Gasteiger partial charge in [0.2, 0.25) is 0 Å². The van der Waals surface area contributed by atoms with Crippen LogP contribution in [0, 0.1) is 0 Å². The molecule has 0 spiro atoms. The lowest BCUT2D eigenvalue weighted by atomic mass is 9.90. The summed E-state index contributed by atoms with van der Waals surface area (Å²) in [5.74, 6) is 0. The normalized spacial score (nSPS) is 13.0. The topological polar surface area (TPSA) is 53.4 Å². The summed E-state index contributed by atoms with van der Waals surface area (Å²) in [5.41, 5.74) is 4.63. The second-order valence-electron chi connectivity index (χ2n) is 8.85. The summed E-state index contributed by atoms with van der Waals surface area (Å²) in [4.78, 5) is 4.66. The summed E-state index contributed by atoms with van der Waals surface area (Å²) in [6, 6.07) is 25.5. The Balaban J connectivity index is 1.47. The maximum Gasteiger partial charge on any atom is 0.0843 e. The number of aliphatic hydroxyl groups excluding tert-OH is 1. The van der Waals surface area contributed by atoms with Gasteiger partial charge in [-0.2, -0.15) is 0 Å². The summed E-state index contributed by atoms with van der Waals surface area (Å²) < 4.78 is 0. The van der Waals surface area contributed by atoms with Gasteiger partial charge < -0.3 is 10.2 Å². The second-order valence-corrected chi connectivity index (χ2v) is 9.28. The van der Waals surface area contributed by atoms with E-state index in [0.29, 0.717) is 17.9 Å². The third kappa shape index (κ3) is 5.88. The summed E-state index contributed by atoms with van der Waals surface area (Å²) in [6.07, 6.45) is 4.64. The molecular formula is C29H28ClNO2. The lowest BCUT2D eigenvalue weighted by Gasteiger charge is -2.22. The average Bonchev–Trinajstić information content (AvgIpc) is 2.80. The Hall–Kier alpha value is -2.98. The molecule has 1 aromatic heterocycles. The molecule has 0 amide bonds. The van der Waals surface area contributed by atoms with Gasteiger partial charge in [0, 0.05) is 10.4 Å². The van der Waals surface area contributed by atoms with Crippen molar-refractivity contribution in [3.8, 4) is 0 Å². The first kappa shape index (κ1) is 23.2. The van der Waals surface area contributed by atoms with E-state index in [-0.39, 0.29) is 0 Å². The number of hydrogen-bond donors (Lipinski definition) is 2. The number of aromatic nitrogens is 1. The Bertz CT molecular complexity index is 1290. The zero-order chi connectivity index (χ0) is 23.4. The molecule has 0 bridgehead atoms. The Kier molecular flexibility index (Phi) is 6.94. The molecule has 3 nitrogen and oxygen atoms in total. The van der Waals surface area contributed by atoms with E-state index >= 15 is 0 Å². The van der Waals surface area contributed by atoms with E-state index in [9.17, 15) is 10.2 Å². The highest BCUT2D eigenvalue weighted by Crippen LogP contribution is 2.27. The number of aryl methyl sites for hydroxylation is 1. The molecule has 0 aliphatic rings. The molecule has 3 aromatic carbocycles. The zero-order valence-electron chi connectivity index (χ0n) is 18.9. The Labute approximate surface area is 200 Å². The molecule has 0 saturated carbocycles. The van der Waals surface area contributed by atoms with E-state index in [0.717, 1.165) is 38.9 Å². The molecule has 33 heavy (non-hydrogen) atoms. The molecule has 4 rings (SSSR count). The van der Waals surface area contributed by atoms with Crippen LogP contribution in [0.5, 0.6) is 0 Å². The Morgan fingerprint density at radius 3 is 2.55 bits per heavy atom. The largest absolute Gasteiger partial charge is 0.388 e. The van der Waals surface area contributed by atoms with Crippen molar-refractivity contribution in [1.29, 1.82) is 0 Å². The number of hydrogen-bond acceptors (Lipinski definition) is 3. The van der Waals surface area contributed by atoms with Crippen LogP contribution in [-0.2, 0) is 12.0 Å². The van der Waals surface area contributed by atoms with Gasteiger partial charge in [-0.05, 0) is 79.3 Å². The molecule has 1 heterocycles. The molecule has 0 radical (unpaired) electrons. The minimum absolute atomic E-state index is 0.577. The molecule has 0 aliphatic carbocycles. The van der Waals surface area contributed by atoms with Crippen LogP contribution in [0.25, 0.3) is 23.1 Å². The van der Waals surface area contributed by atoms with Crippen molar-refractivity contribution in [3.63, 3.8) is 0 Å². The smallest absolute Gasteiger partial charge is 0.0843 e. The van der Waals surface area contributed by atoms with Gasteiger partial charge in [0.1, 0.15) is 0 Å². The van der Waals surface area contributed by atoms with Gasteiger partial charge in [0.25, 0.3) is 0 Å². The third-order valence-electron chi connectivity index (χ3n) is 5.78. The van der Waals surface area contributed by atoms with Crippen LogP contribution in [0.3, 0.4) is 0 Å². The van der Waals surface area contributed by atoms with Crippen LogP contribution in [0.4, 0.5) is 0 Å². The summed E-state index contributed by atoms with van der Waals surface area (Å²) in [6.45, 7) is 3.58. The molecule has 0 unspecified atom stereocenters. The minimum atomic E-state index is -0.908. The fourth-order valence-electron chi connectivity index (χ4n) is 4.04. The molecule has 4 aromatic rings. The number of benzene rings is 3. The number of aliphatic hydroxyl groups is 2. The van der Waals surface area contributed by atoms with Crippen molar-refractivity contribution in [1.82, 2.24) is 4.98 Å². The molecule has 0 fully saturated rings. The number of rotatable bonds is 7. The van der Waals surface area contributed by atoms with Gasteiger partial charge >= 0.3 is 0 Å². The van der Waals surface area contributed by atoms with Gasteiger partial charge in [-0.3, -0.25) is 0 Å². The maximum atomic E-state index is 10.8. The van der Waals surface area contributed by atoms with Crippen molar-refractivity contribution in [2.24, 2.45) is 0 Å². The molecule has 0 aliphatic heterocycles. The van der Waals surface area contributed by atoms with E-state index in [1.807, 2.05) is 91.0 Å². The maximum absolute atomic E-state index is 10.8. The van der Waals surface area contributed by atoms with E-state index < -0.39 is 11.7 Å². The number of halogens is 1. The van der Waals surface area contributed by atoms with Crippen molar-refractivity contribution < 1.29 is 10.2 Å². The van der Waals surface area contributed by atoms with Crippen molar-refractivity contribution in [2.75, 3.05) is 0 Å². The Morgan fingerprint density at radius 1 is 0.939 bits per heavy atom. The molecule has 2 N–H and O–H groups in total. The number of pyridine rings is 1. The summed E-state index contributed by atoms with van der Waals surface area (Å²) >= 11 is 6.09. The van der Waals surface area contributed by atoms with Gasteiger partial charge in [0.05, 0.1) is 22.9 Å². The standard InChI is InChI=1S/C29H28ClNO2/c1-29(2,33)26-9-4-3-7-21(26)13-17-28(32)23-8-5-6-20(18-23)10-15-25-16-12-22-11-14-24(30)19-27(22)31-25/h3-12,14-16,18-19,28,32-33H,13,17H2,1-2H3/t28-/m0/s1. The first-order chi connectivity index (χ1) is 15.8. The minimum Gasteiger partial charge on any atom is -0.388 e. The molecular weight excluding hydrogens is 430 g/mol. The molecule has 4 heteroatoms. The van der Waals surface area contributed by atoms with Crippen molar-refractivity contribution >= 4 is 34.7 Å². The second kappa shape index (κ2) is 9.88. The van der Waals surface area contributed by atoms with Crippen molar-refractivity contribution in [3.05, 3.63) is 112 Å². The predicted octanol–water partition coefficient (Wildman–Crippen LogP) is 6.95. The van der Waals surface area contributed by atoms with Gasteiger partial charge in [-0.25, -0.2) is 4.98 Å². The van der Waals surface area contributed by atoms with Crippen molar-refractivity contribution in [2.45, 2.75) is 38.4 Å². The lowest BCUT2D eigenvalue weighted by molar-refractivity contribution is 0.0772. The van der Waals surface area contributed by atoms with E-state index in [1.165, 1.54) is 0 Å². The molecule has 1 atom stereocenters. The third-order valence-corrected chi connectivity index (χ3v) is 6.02. The van der Waals surface area contributed by atoms with Crippen LogP contribution in [-0.4, -0.2) is 15.2 Å². The highest BCUT2D eigenvalue weighted by Gasteiger charge is 2.20. The van der Waals surface area contributed by atoms with Crippen LogP contribution in [0.1, 0.15) is 54.3 Å². The first-order valence-corrected chi connectivity index (χ1v) is 11.5. The van der Waals surface area contributed by atoms with Gasteiger partial charge in [-0.1, -0.05) is 72.3 Å². The van der Waals surface area contributed by atoms with E-state index in [1.54, 1.807) is 13.8 Å². The highest BCUT2D eigenvalue weighted by molar-refractivity contribution is 6.31. The molecule has 0 saturated heterocycles. The summed E-state index contributed by atoms with van der Waals surface area (Å²) in [5, 5.41) is 23.0. The number of fused-ring (bicyclic) bond motifs is 1. The SMILES string of the molecule is CC(C)(O)c1ccccc1CC[C@H](O)c1cccc(C=Cc2ccc3ccc(Cl)cc3n2)c1. The number of nitrogens with zero attached hydrogens (tertiary/aromatic N) is 1. The highest BCUT2D eigenvalue weighted by atomic mass is 35.5. The quantitative estimate of drug-likeness (QED) is 0.315. The summed E-state index contributed by atoms with van der Waals surface area (Å²) in [7, 11) is 0. The monoisotopic (exact) mass is 457 g/mol. The Morgan fingerprint density at radius 2 is 1.73 bits per heavy atom.